The molecule has 0 radical (unpaired) electrons. The topological polar surface area (TPSA) is 62.2 Å². The SMILES string of the molecule is Cc1cc(C)c(C(=O)O)c(Nc2ccc(I)cc2Cl)n1. The van der Waals surface area contributed by atoms with Crippen molar-refractivity contribution in [3.8, 4) is 0 Å². The third-order valence-electron chi connectivity index (χ3n) is 2.74. The number of carboxylic acids is 1. The van der Waals surface area contributed by atoms with Crippen LogP contribution in [0.25, 0.3) is 0 Å². The zero-order valence-corrected chi connectivity index (χ0v) is 13.8. The molecular weight excluding hydrogens is 391 g/mol. The van der Waals surface area contributed by atoms with Crippen molar-refractivity contribution in [2.45, 2.75) is 13.8 Å². The Hall–Kier alpha value is -1.34. The van der Waals surface area contributed by atoms with Gasteiger partial charge in [-0.15, -0.1) is 0 Å². The molecule has 0 aliphatic heterocycles. The van der Waals surface area contributed by atoms with E-state index in [2.05, 4.69) is 32.9 Å². The van der Waals surface area contributed by atoms with E-state index in [1.54, 1.807) is 25.1 Å². The number of benzene rings is 1. The van der Waals surface area contributed by atoms with Gasteiger partial charge >= 0.3 is 5.97 Å². The first-order valence-corrected chi connectivity index (χ1v) is 7.28. The molecule has 0 bridgehead atoms. The molecule has 2 aromatic rings. The van der Waals surface area contributed by atoms with Crippen LogP contribution >= 0.6 is 34.2 Å². The van der Waals surface area contributed by atoms with Gasteiger partial charge in [0.2, 0.25) is 0 Å². The van der Waals surface area contributed by atoms with Gasteiger partial charge in [-0.05, 0) is 66.3 Å². The van der Waals surface area contributed by atoms with Crippen molar-refractivity contribution in [3.05, 3.63) is 49.7 Å². The second-order valence-corrected chi connectivity index (χ2v) is 6.01. The van der Waals surface area contributed by atoms with Gasteiger partial charge in [0.1, 0.15) is 11.4 Å². The summed E-state index contributed by atoms with van der Waals surface area (Å²) < 4.78 is 1.00. The summed E-state index contributed by atoms with van der Waals surface area (Å²) in [5, 5.41) is 12.8. The van der Waals surface area contributed by atoms with E-state index in [9.17, 15) is 9.90 Å². The molecule has 0 atom stereocenters. The maximum Gasteiger partial charge on any atom is 0.339 e. The van der Waals surface area contributed by atoms with Gasteiger partial charge < -0.3 is 10.4 Å². The second-order valence-electron chi connectivity index (χ2n) is 4.36. The molecule has 0 aliphatic rings. The highest BCUT2D eigenvalue weighted by Crippen LogP contribution is 2.29. The van der Waals surface area contributed by atoms with Gasteiger partial charge in [-0.25, -0.2) is 9.78 Å². The lowest BCUT2D eigenvalue weighted by Crippen LogP contribution is -2.08. The number of hydrogen-bond donors (Lipinski definition) is 2. The molecule has 4 nitrogen and oxygen atoms in total. The number of carbonyl (C=O) groups is 1. The van der Waals surface area contributed by atoms with Crippen LogP contribution in [0.1, 0.15) is 21.6 Å². The highest BCUT2D eigenvalue weighted by Gasteiger charge is 2.16. The van der Waals surface area contributed by atoms with Crippen molar-refractivity contribution in [2.75, 3.05) is 5.32 Å². The maximum atomic E-state index is 11.4. The largest absolute Gasteiger partial charge is 0.478 e. The minimum Gasteiger partial charge on any atom is -0.478 e. The molecule has 6 heteroatoms. The molecule has 0 unspecified atom stereocenters. The summed E-state index contributed by atoms with van der Waals surface area (Å²) in [7, 11) is 0. The summed E-state index contributed by atoms with van der Waals surface area (Å²) >= 11 is 8.31. The van der Waals surface area contributed by atoms with Gasteiger partial charge in [-0.3, -0.25) is 0 Å². The van der Waals surface area contributed by atoms with Gasteiger partial charge in [-0.1, -0.05) is 11.6 Å². The molecule has 1 aromatic carbocycles. The van der Waals surface area contributed by atoms with E-state index in [1.807, 2.05) is 13.0 Å². The fourth-order valence-corrected chi connectivity index (χ4v) is 2.82. The third kappa shape index (κ3) is 3.21. The Morgan fingerprint density at radius 3 is 2.65 bits per heavy atom. The fraction of sp³-hybridized carbons (Fsp3) is 0.143. The number of aromatic carboxylic acids is 1. The summed E-state index contributed by atoms with van der Waals surface area (Å²) in [5.74, 6) is -0.711. The van der Waals surface area contributed by atoms with Crippen LogP contribution in [0, 0.1) is 17.4 Å². The van der Waals surface area contributed by atoms with Crippen molar-refractivity contribution >= 4 is 51.7 Å². The van der Waals surface area contributed by atoms with Crippen LogP contribution in [0.5, 0.6) is 0 Å². The van der Waals surface area contributed by atoms with Crippen molar-refractivity contribution in [1.29, 1.82) is 0 Å². The number of anilines is 2. The van der Waals surface area contributed by atoms with E-state index in [4.69, 9.17) is 11.6 Å². The zero-order chi connectivity index (χ0) is 14.9. The van der Waals surface area contributed by atoms with Crippen molar-refractivity contribution in [1.82, 2.24) is 4.98 Å². The second kappa shape index (κ2) is 5.97. The molecule has 0 saturated carbocycles. The van der Waals surface area contributed by atoms with Gasteiger partial charge in [0.05, 0.1) is 10.7 Å². The van der Waals surface area contributed by atoms with Crippen LogP contribution in [0.3, 0.4) is 0 Å². The van der Waals surface area contributed by atoms with Crippen LogP contribution in [0.2, 0.25) is 5.02 Å². The minimum absolute atomic E-state index is 0.158. The molecule has 2 N–H and O–H groups in total. The molecule has 20 heavy (non-hydrogen) atoms. The number of nitrogens with one attached hydrogen (secondary N) is 1. The number of rotatable bonds is 3. The Morgan fingerprint density at radius 2 is 2.05 bits per heavy atom. The number of pyridine rings is 1. The first kappa shape index (κ1) is 15.1. The van der Waals surface area contributed by atoms with Crippen LogP contribution in [0.15, 0.2) is 24.3 Å². The predicted octanol–water partition coefficient (Wildman–Crippen LogP) is 4.40. The predicted molar refractivity (Wildman–Crippen MR) is 88.1 cm³/mol. The normalized spacial score (nSPS) is 10.4. The Labute approximate surface area is 135 Å². The molecule has 1 heterocycles. The molecule has 1 aromatic heterocycles. The molecule has 0 spiro atoms. The number of carboxylic acid groups (broad SMARTS) is 1. The Balaban J connectivity index is 2.50. The number of nitrogens with zero attached hydrogens (tertiary/aromatic N) is 1. The van der Waals surface area contributed by atoms with E-state index < -0.39 is 5.97 Å². The summed E-state index contributed by atoms with van der Waals surface area (Å²) in [6.07, 6.45) is 0. The lowest BCUT2D eigenvalue weighted by molar-refractivity contribution is 0.0697. The summed E-state index contributed by atoms with van der Waals surface area (Å²) in [5.41, 5.74) is 2.20. The number of aryl methyl sites for hydroxylation is 2. The molecule has 0 saturated heterocycles. The summed E-state index contributed by atoms with van der Waals surface area (Å²) in [6, 6.07) is 7.23. The first-order valence-electron chi connectivity index (χ1n) is 5.82. The zero-order valence-electron chi connectivity index (χ0n) is 10.9. The van der Waals surface area contributed by atoms with Crippen molar-refractivity contribution < 1.29 is 9.90 Å². The Bertz CT molecular complexity index is 689. The molecule has 0 fully saturated rings. The Morgan fingerprint density at radius 1 is 1.35 bits per heavy atom. The summed E-state index contributed by atoms with van der Waals surface area (Å²) in [6.45, 7) is 3.57. The Kier molecular flexibility index (Phi) is 4.49. The maximum absolute atomic E-state index is 11.4. The lowest BCUT2D eigenvalue weighted by Gasteiger charge is -2.13. The van der Waals surface area contributed by atoms with Crippen LogP contribution < -0.4 is 5.32 Å². The van der Waals surface area contributed by atoms with Crippen LogP contribution in [0.4, 0.5) is 11.5 Å². The van der Waals surface area contributed by atoms with Crippen molar-refractivity contribution in [3.63, 3.8) is 0 Å². The monoisotopic (exact) mass is 402 g/mol. The quantitative estimate of drug-likeness (QED) is 0.747. The fourth-order valence-electron chi connectivity index (χ4n) is 1.92. The van der Waals surface area contributed by atoms with Crippen LogP contribution in [-0.4, -0.2) is 16.1 Å². The van der Waals surface area contributed by atoms with E-state index in [0.717, 1.165) is 9.26 Å². The van der Waals surface area contributed by atoms with E-state index in [-0.39, 0.29) is 5.56 Å². The molecular formula is C14H12ClIN2O2. The molecule has 0 aliphatic carbocycles. The van der Waals surface area contributed by atoms with E-state index in [1.165, 1.54) is 0 Å². The van der Waals surface area contributed by atoms with E-state index >= 15 is 0 Å². The number of hydrogen-bond acceptors (Lipinski definition) is 3. The van der Waals surface area contributed by atoms with Gasteiger partial charge in [0.25, 0.3) is 0 Å². The molecule has 2 rings (SSSR count). The van der Waals surface area contributed by atoms with Crippen molar-refractivity contribution in [2.24, 2.45) is 0 Å². The lowest BCUT2D eigenvalue weighted by atomic mass is 10.1. The number of aromatic nitrogens is 1. The average molecular weight is 403 g/mol. The number of halogens is 2. The first-order chi connectivity index (χ1) is 9.38. The smallest absolute Gasteiger partial charge is 0.339 e. The standard InChI is InChI=1S/C14H12ClIN2O2/c1-7-5-8(2)17-13(12(7)14(19)20)18-11-4-3-9(16)6-10(11)15/h3-6H,1-2H3,(H,17,18)(H,19,20). The van der Waals surface area contributed by atoms with Crippen LogP contribution in [-0.2, 0) is 0 Å². The molecule has 0 amide bonds. The highest BCUT2D eigenvalue weighted by atomic mass is 127. The van der Waals surface area contributed by atoms with Gasteiger partial charge in [0, 0.05) is 9.26 Å². The van der Waals surface area contributed by atoms with E-state index in [0.29, 0.717) is 22.1 Å². The molecule has 104 valence electrons. The third-order valence-corrected chi connectivity index (χ3v) is 3.73. The average Bonchev–Trinajstić information content (AvgIpc) is 2.31. The van der Waals surface area contributed by atoms with Gasteiger partial charge in [-0.2, -0.15) is 0 Å². The van der Waals surface area contributed by atoms with Gasteiger partial charge in [0.15, 0.2) is 0 Å². The summed E-state index contributed by atoms with van der Waals surface area (Å²) in [4.78, 5) is 15.6. The highest BCUT2D eigenvalue weighted by molar-refractivity contribution is 14.1. The minimum atomic E-state index is -1.01.